The summed E-state index contributed by atoms with van der Waals surface area (Å²) in [6.45, 7) is 3.88. The van der Waals surface area contributed by atoms with Gasteiger partial charge in [0, 0.05) is 16.7 Å². The van der Waals surface area contributed by atoms with Crippen molar-refractivity contribution in [2.45, 2.75) is 29.5 Å². The first-order valence-corrected chi connectivity index (χ1v) is 12.6. The minimum absolute atomic E-state index is 0.0272. The molecule has 0 bridgehead atoms. The molecule has 2 aromatic carbocycles. The van der Waals surface area contributed by atoms with Gasteiger partial charge < -0.3 is 10.6 Å². The molecule has 0 radical (unpaired) electrons. The Hall–Kier alpha value is -1.88. The summed E-state index contributed by atoms with van der Waals surface area (Å²) in [5.74, 6) is -0.674. The van der Waals surface area contributed by atoms with Crippen LogP contribution in [0.5, 0.6) is 0 Å². The van der Waals surface area contributed by atoms with Crippen molar-refractivity contribution in [3.63, 3.8) is 0 Å². The van der Waals surface area contributed by atoms with E-state index in [1.54, 1.807) is 12.1 Å². The fourth-order valence-corrected chi connectivity index (χ4v) is 5.60. The molecular formula is C20H22BrN3O4S2. The summed E-state index contributed by atoms with van der Waals surface area (Å²) >= 11 is 4.45. The molecule has 1 heterocycles. The molecule has 30 heavy (non-hydrogen) atoms. The van der Waals surface area contributed by atoms with Gasteiger partial charge in [0.05, 0.1) is 10.6 Å². The lowest BCUT2D eigenvalue weighted by molar-refractivity contribution is -0.122. The van der Waals surface area contributed by atoms with E-state index in [4.69, 9.17) is 0 Å². The fraction of sp³-hybridized carbons (Fsp3) is 0.300. The molecule has 7 nitrogen and oxygen atoms in total. The summed E-state index contributed by atoms with van der Waals surface area (Å²) in [4.78, 5) is 24.8. The smallest absolute Gasteiger partial charge is 0.241 e. The second kappa shape index (κ2) is 9.51. The van der Waals surface area contributed by atoms with Gasteiger partial charge in [-0.2, -0.15) is 0 Å². The molecule has 3 rings (SSSR count). The quantitative estimate of drug-likeness (QED) is 0.550. The van der Waals surface area contributed by atoms with Crippen molar-refractivity contribution in [2.24, 2.45) is 0 Å². The zero-order chi connectivity index (χ0) is 21.9. The normalized spacial score (nSPS) is 19.2. The maximum absolute atomic E-state index is 12.8. The highest BCUT2D eigenvalue weighted by atomic mass is 79.9. The number of hydrogen-bond donors (Lipinski definition) is 3. The fourth-order valence-electron chi connectivity index (χ4n) is 3.02. The Labute approximate surface area is 188 Å². The van der Waals surface area contributed by atoms with Crippen molar-refractivity contribution >= 4 is 55.0 Å². The Morgan fingerprint density at radius 2 is 1.90 bits per heavy atom. The Morgan fingerprint density at radius 1 is 1.20 bits per heavy atom. The molecule has 2 atom stereocenters. The van der Waals surface area contributed by atoms with Crippen LogP contribution in [0.1, 0.15) is 11.1 Å². The first-order valence-electron chi connectivity index (χ1n) is 9.19. The number of nitrogens with one attached hydrogen (secondary N) is 3. The third-order valence-electron chi connectivity index (χ3n) is 4.61. The number of halogens is 1. The van der Waals surface area contributed by atoms with E-state index >= 15 is 0 Å². The first-order chi connectivity index (χ1) is 14.2. The molecule has 160 valence electrons. The van der Waals surface area contributed by atoms with Crippen LogP contribution in [0, 0.1) is 13.8 Å². The third-order valence-corrected chi connectivity index (χ3v) is 8.24. The van der Waals surface area contributed by atoms with E-state index in [0.29, 0.717) is 0 Å². The Balaban J connectivity index is 1.54. The van der Waals surface area contributed by atoms with Crippen LogP contribution >= 0.6 is 27.7 Å². The molecule has 0 spiro atoms. The van der Waals surface area contributed by atoms with E-state index < -0.39 is 26.5 Å². The molecule has 3 N–H and O–H groups in total. The molecule has 1 fully saturated rings. The van der Waals surface area contributed by atoms with Crippen molar-refractivity contribution < 1.29 is 18.0 Å². The van der Waals surface area contributed by atoms with E-state index in [1.807, 2.05) is 32.0 Å². The maximum atomic E-state index is 12.8. The highest BCUT2D eigenvalue weighted by molar-refractivity contribution is 9.10. The number of carbonyl (C=O) groups is 2. The van der Waals surface area contributed by atoms with Crippen LogP contribution in [0.3, 0.4) is 0 Å². The summed E-state index contributed by atoms with van der Waals surface area (Å²) in [7, 11) is -3.82. The maximum Gasteiger partial charge on any atom is 0.241 e. The predicted molar refractivity (Wildman–Crippen MR) is 122 cm³/mol. The summed E-state index contributed by atoms with van der Waals surface area (Å²) < 4.78 is 26.3. The minimum Gasteiger partial charge on any atom is -0.331 e. The van der Waals surface area contributed by atoms with E-state index in [-0.39, 0.29) is 23.1 Å². The van der Waals surface area contributed by atoms with Gasteiger partial charge in [-0.15, -0.1) is 11.8 Å². The molecule has 2 amide bonds. The van der Waals surface area contributed by atoms with E-state index in [0.717, 1.165) is 21.3 Å². The highest BCUT2D eigenvalue weighted by Gasteiger charge is 2.38. The van der Waals surface area contributed by atoms with Crippen molar-refractivity contribution in [3.05, 3.63) is 58.1 Å². The molecule has 1 aliphatic heterocycles. The lowest BCUT2D eigenvalue weighted by Gasteiger charge is -2.29. The Bertz CT molecular complexity index is 1060. The van der Waals surface area contributed by atoms with Gasteiger partial charge in [-0.3, -0.25) is 14.9 Å². The number of aryl methyl sites for hydroxylation is 2. The van der Waals surface area contributed by atoms with Crippen molar-refractivity contribution in [3.8, 4) is 0 Å². The molecule has 0 saturated carbocycles. The van der Waals surface area contributed by atoms with Crippen LogP contribution in [-0.2, 0) is 19.4 Å². The van der Waals surface area contributed by atoms with Crippen LogP contribution in [-0.4, -0.2) is 43.3 Å². The molecular weight excluding hydrogens is 490 g/mol. The number of thioether (sulfide) groups is 1. The van der Waals surface area contributed by atoms with Gasteiger partial charge in [0.15, 0.2) is 15.1 Å². The average Bonchev–Trinajstić information content (AvgIpc) is 2.69. The van der Waals surface area contributed by atoms with Crippen molar-refractivity contribution in [2.75, 3.05) is 17.6 Å². The molecule has 1 saturated heterocycles. The zero-order valence-corrected chi connectivity index (χ0v) is 19.7. The van der Waals surface area contributed by atoms with Gasteiger partial charge in [-0.05, 0) is 49.7 Å². The van der Waals surface area contributed by atoms with E-state index in [9.17, 15) is 18.0 Å². The average molecular weight is 512 g/mol. The summed E-state index contributed by atoms with van der Waals surface area (Å²) in [6, 6.07) is 11.9. The molecule has 0 aromatic heterocycles. The summed E-state index contributed by atoms with van der Waals surface area (Å²) in [5.41, 5.74) is 2.28. The Kier molecular flexibility index (Phi) is 7.22. The van der Waals surface area contributed by atoms with Crippen LogP contribution in [0.2, 0.25) is 0 Å². The highest BCUT2D eigenvalue weighted by Crippen LogP contribution is 2.22. The van der Waals surface area contributed by atoms with Crippen molar-refractivity contribution in [1.82, 2.24) is 10.6 Å². The number of hydrogen-bond acceptors (Lipinski definition) is 6. The number of carbonyl (C=O) groups excluding carboxylic acids is 2. The standard InChI is InChI=1S/C20H22BrN3O4S2/c1-12-3-8-16(13(2)9-12)23-18(25)11-29-20-22-10-17(19(26)24-20)30(27,28)15-6-4-14(21)5-7-15/h3-9,17,20,22H,10-11H2,1-2H3,(H,23,25)(H,24,26). The van der Waals surface area contributed by atoms with E-state index in [1.165, 1.54) is 23.9 Å². The van der Waals surface area contributed by atoms with Gasteiger partial charge in [0.2, 0.25) is 11.8 Å². The van der Waals surface area contributed by atoms with Crippen LogP contribution in [0.25, 0.3) is 0 Å². The first kappa shape index (κ1) is 22.8. The topological polar surface area (TPSA) is 104 Å². The van der Waals surface area contributed by atoms with Gasteiger partial charge >= 0.3 is 0 Å². The number of benzene rings is 2. The molecule has 10 heteroatoms. The largest absolute Gasteiger partial charge is 0.331 e. The van der Waals surface area contributed by atoms with Crippen LogP contribution in [0.15, 0.2) is 51.8 Å². The van der Waals surface area contributed by atoms with E-state index in [2.05, 4.69) is 31.9 Å². The minimum atomic E-state index is -3.82. The lowest BCUT2D eigenvalue weighted by atomic mass is 10.1. The second-order valence-corrected chi connectivity index (χ2v) is 11.1. The molecule has 2 aromatic rings. The summed E-state index contributed by atoms with van der Waals surface area (Å²) in [6.07, 6.45) is 0. The lowest BCUT2D eigenvalue weighted by Crippen LogP contribution is -2.59. The number of rotatable bonds is 6. The van der Waals surface area contributed by atoms with Gasteiger partial charge in [-0.1, -0.05) is 33.6 Å². The zero-order valence-electron chi connectivity index (χ0n) is 16.4. The van der Waals surface area contributed by atoms with Crippen LogP contribution in [0.4, 0.5) is 5.69 Å². The third kappa shape index (κ3) is 5.42. The molecule has 2 unspecified atom stereocenters. The molecule has 0 aliphatic carbocycles. The second-order valence-electron chi connectivity index (χ2n) is 6.96. The molecule has 1 aliphatic rings. The van der Waals surface area contributed by atoms with Crippen LogP contribution < -0.4 is 16.0 Å². The van der Waals surface area contributed by atoms with Gasteiger partial charge in [0.1, 0.15) is 5.50 Å². The summed E-state index contributed by atoms with van der Waals surface area (Å²) in [5, 5.41) is 7.25. The Morgan fingerprint density at radius 3 is 2.53 bits per heavy atom. The SMILES string of the molecule is Cc1ccc(NC(=O)CSC2NCC(S(=O)(=O)c3ccc(Br)cc3)C(=O)N2)c(C)c1. The number of sulfone groups is 1. The van der Waals surface area contributed by atoms with Gasteiger partial charge in [0.25, 0.3) is 0 Å². The monoisotopic (exact) mass is 511 g/mol. The van der Waals surface area contributed by atoms with Gasteiger partial charge in [-0.25, -0.2) is 8.42 Å². The number of anilines is 1. The van der Waals surface area contributed by atoms with Crippen molar-refractivity contribution in [1.29, 1.82) is 0 Å². The predicted octanol–water partition coefficient (Wildman–Crippen LogP) is 2.58. The number of amides is 2.